The highest BCUT2D eigenvalue weighted by atomic mass is 15.1. The maximum atomic E-state index is 3.33. The molecule has 0 heterocycles. The Bertz CT molecular complexity index is 305. The minimum atomic E-state index is 0.980. The van der Waals surface area contributed by atoms with Crippen LogP contribution in [0.5, 0.6) is 0 Å². The quantitative estimate of drug-likeness (QED) is 0.646. The van der Waals surface area contributed by atoms with E-state index in [-0.39, 0.29) is 0 Å². The van der Waals surface area contributed by atoms with Crippen molar-refractivity contribution >= 4 is 11.4 Å². The van der Waals surface area contributed by atoms with E-state index in [0.717, 1.165) is 13.1 Å². The molecule has 0 aliphatic heterocycles. The SMILES string of the molecule is CCCCCCN(CC)c1ccc(NCC)cc1. The normalized spacial score (nSPS) is 10.4. The van der Waals surface area contributed by atoms with Crippen LogP contribution in [0.15, 0.2) is 24.3 Å². The Morgan fingerprint density at radius 1 is 0.944 bits per heavy atom. The van der Waals surface area contributed by atoms with Gasteiger partial charge in [0.25, 0.3) is 0 Å². The van der Waals surface area contributed by atoms with Crippen molar-refractivity contribution in [2.24, 2.45) is 0 Å². The van der Waals surface area contributed by atoms with Crippen LogP contribution in [0.2, 0.25) is 0 Å². The second kappa shape index (κ2) is 8.84. The van der Waals surface area contributed by atoms with Crippen molar-refractivity contribution in [3.05, 3.63) is 24.3 Å². The summed E-state index contributed by atoms with van der Waals surface area (Å²) in [5.41, 5.74) is 2.55. The Morgan fingerprint density at radius 2 is 1.67 bits per heavy atom. The maximum Gasteiger partial charge on any atom is 0.0367 e. The van der Waals surface area contributed by atoms with Gasteiger partial charge in [-0.1, -0.05) is 26.2 Å². The van der Waals surface area contributed by atoms with Crippen LogP contribution in [0.1, 0.15) is 46.5 Å². The van der Waals surface area contributed by atoms with Crippen molar-refractivity contribution in [2.75, 3.05) is 29.9 Å². The molecule has 18 heavy (non-hydrogen) atoms. The molecule has 1 N–H and O–H groups in total. The number of nitrogens with zero attached hydrogens (tertiary/aromatic N) is 1. The largest absolute Gasteiger partial charge is 0.385 e. The van der Waals surface area contributed by atoms with Crippen molar-refractivity contribution in [1.29, 1.82) is 0 Å². The lowest BCUT2D eigenvalue weighted by Crippen LogP contribution is -2.23. The lowest BCUT2D eigenvalue weighted by molar-refractivity contribution is 0.649. The van der Waals surface area contributed by atoms with Crippen molar-refractivity contribution in [1.82, 2.24) is 0 Å². The first-order valence-electron chi connectivity index (χ1n) is 7.40. The fourth-order valence-corrected chi connectivity index (χ4v) is 2.19. The third-order valence-corrected chi connectivity index (χ3v) is 3.28. The fraction of sp³-hybridized carbons (Fsp3) is 0.625. The number of anilines is 2. The van der Waals surface area contributed by atoms with Crippen LogP contribution in [0.25, 0.3) is 0 Å². The first-order valence-corrected chi connectivity index (χ1v) is 7.40. The summed E-state index contributed by atoms with van der Waals surface area (Å²) < 4.78 is 0. The maximum absolute atomic E-state index is 3.33. The number of hydrogen-bond acceptors (Lipinski definition) is 2. The topological polar surface area (TPSA) is 15.3 Å². The molecule has 1 aromatic carbocycles. The van der Waals surface area contributed by atoms with Gasteiger partial charge in [-0.3, -0.25) is 0 Å². The van der Waals surface area contributed by atoms with Gasteiger partial charge in [0.05, 0.1) is 0 Å². The van der Waals surface area contributed by atoms with E-state index in [1.807, 2.05) is 0 Å². The molecule has 0 radical (unpaired) electrons. The van der Waals surface area contributed by atoms with Crippen LogP contribution < -0.4 is 10.2 Å². The van der Waals surface area contributed by atoms with Crippen molar-refractivity contribution < 1.29 is 0 Å². The Balaban J connectivity index is 2.48. The first-order chi connectivity index (χ1) is 8.81. The van der Waals surface area contributed by atoms with Crippen molar-refractivity contribution in [3.63, 3.8) is 0 Å². The molecule has 0 aliphatic rings. The van der Waals surface area contributed by atoms with E-state index in [2.05, 4.69) is 55.3 Å². The zero-order valence-corrected chi connectivity index (χ0v) is 12.2. The van der Waals surface area contributed by atoms with Gasteiger partial charge >= 0.3 is 0 Å². The third kappa shape index (κ3) is 4.99. The molecule has 0 saturated heterocycles. The third-order valence-electron chi connectivity index (χ3n) is 3.28. The molecule has 102 valence electrons. The summed E-state index contributed by atoms with van der Waals surface area (Å²) in [5.74, 6) is 0. The van der Waals surface area contributed by atoms with E-state index in [0.29, 0.717) is 0 Å². The van der Waals surface area contributed by atoms with E-state index in [1.54, 1.807) is 0 Å². The molecular formula is C16H28N2. The Morgan fingerprint density at radius 3 is 2.22 bits per heavy atom. The lowest BCUT2D eigenvalue weighted by Gasteiger charge is -2.23. The van der Waals surface area contributed by atoms with Crippen LogP contribution in [-0.4, -0.2) is 19.6 Å². The highest BCUT2D eigenvalue weighted by Gasteiger charge is 2.03. The highest BCUT2D eigenvalue weighted by Crippen LogP contribution is 2.18. The van der Waals surface area contributed by atoms with Gasteiger partial charge in [0.15, 0.2) is 0 Å². The Labute approximate surface area is 112 Å². The van der Waals surface area contributed by atoms with Gasteiger partial charge < -0.3 is 10.2 Å². The Kier molecular flexibility index (Phi) is 7.31. The monoisotopic (exact) mass is 248 g/mol. The van der Waals surface area contributed by atoms with Crippen molar-refractivity contribution in [2.45, 2.75) is 46.5 Å². The molecular weight excluding hydrogens is 220 g/mol. The number of rotatable bonds is 9. The predicted molar refractivity (Wildman–Crippen MR) is 82.6 cm³/mol. The molecule has 0 aromatic heterocycles. The minimum Gasteiger partial charge on any atom is -0.385 e. The van der Waals surface area contributed by atoms with Crippen LogP contribution in [0, 0.1) is 0 Å². The van der Waals surface area contributed by atoms with E-state index < -0.39 is 0 Å². The van der Waals surface area contributed by atoms with Crippen molar-refractivity contribution in [3.8, 4) is 0 Å². The molecule has 0 saturated carbocycles. The first kappa shape index (κ1) is 14.9. The smallest absolute Gasteiger partial charge is 0.0367 e. The summed E-state index contributed by atoms with van der Waals surface area (Å²) in [6.45, 7) is 9.87. The van der Waals surface area contributed by atoms with E-state index in [1.165, 1.54) is 43.6 Å². The summed E-state index contributed by atoms with van der Waals surface area (Å²) in [6.07, 6.45) is 5.32. The molecule has 0 bridgehead atoms. The average molecular weight is 248 g/mol. The number of nitrogens with one attached hydrogen (secondary N) is 1. The van der Waals surface area contributed by atoms with E-state index in [9.17, 15) is 0 Å². The van der Waals surface area contributed by atoms with Crippen LogP contribution in [0.4, 0.5) is 11.4 Å². The van der Waals surface area contributed by atoms with Gasteiger partial charge in [-0.25, -0.2) is 0 Å². The predicted octanol–water partition coefficient (Wildman–Crippen LogP) is 4.53. The summed E-state index contributed by atoms with van der Waals surface area (Å²) >= 11 is 0. The van der Waals surface area contributed by atoms with Gasteiger partial charge in [-0.05, 0) is 44.5 Å². The lowest BCUT2D eigenvalue weighted by atomic mass is 10.2. The van der Waals surface area contributed by atoms with Crippen LogP contribution in [-0.2, 0) is 0 Å². The molecule has 2 nitrogen and oxygen atoms in total. The number of unbranched alkanes of at least 4 members (excludes halogenated alkanes) is 3. The van der Waals surface area contributed by atoms with E-state index >= 15 is 0 Å². The molecule has 0 fully saturated rings. The van der Waals surface area contributed by atoms with Gasteiger partial charge in [-0.15, -0.1) is 0 Å². The van der Waals surface area contributed by atoms with Gasteiger partial charge in [-0.2, -0.15) is 0 Å². The molecule has 1 aromatic rings. The molecule has 2 heteroatoms. The van der Waals surface area contributed by atoms with Gasteiger partial charge in [0, 0.05) is 31.0 Å². The highest BCUT2D eigenvalue weighted by molar-refractivity contribution is 5.55. The number of benzene rings is 1. The standard InChI is InChI=1S/C16H28N2/c1-4-7-8-9-14-18(6-3)16-12-10-15(11-13-16)17-5-2/h10-13,17H,4-9,14H2,1-3H3. The van der Waals surface area contributed by atoms with Crippen LogP contribution >= 0.6 is 0 Å². The zero-order chi connectivity index (χ0) is 13.2. The summed E-state index contributed by atoms with van der Waals surface area (Å²) in [7, 11) is 0. The summed E-state index contributed by atoms with van der Waals surface area (Å²) in [4.78, 5) is 2.46. The number of hydrogen-bond donors (Lipinski definition) is 1. The zero-order valence-electron chi connectivity index (χ0n) is 12.2. The Hall–Kier alpha value is -1.18. The molecule has 0 amide bonds. The molecule has 0 unspecified atom stereocenters. The summed E-state index contributed by atoms with van der Waals surface area (Å²) in [6, 6.07) is 8.80. The fourth-order valence-electron chi connectivity index (χ4n) is 2.19. The second-order valence-corrected chi connectivity index (χ2v) is 4.72. The molecule has 1 rings (SSSR count). The second-order valence-electron chi connectivity index (χ2n) is 4.72. The summed E-state index contributed by atoms with van der Waals surface area (Å²) in [5, 5.41) is 3.33. The minimum absolute atomic E-state index is 0.980. The molecule has 0 spiro atoms. The molecule has 0 atom stereocenters. The van der Waals surface area contributed by atoms with Gasteiger partial charge in [0.2, 0.25) is 0 Å². The van der Waals surface area contributed by atoms with Gasteiger partial charge in [0.1, 0.15) is 0 Å². The van der Waals surface area contributed by atoms with Crippen LogP contribution in [0.3, 0.4) is 0 Å². The van der Waals surface area contributed by atoms with E-state index in [4.69, 9.17) is 0 Å². The molecule has 0 aliphatic carbocycles. The average Bonchev–Trinajstić information content (AvgIpc) is 2.41.